The lowest BCUT2D eigenvalue weighted by Crippen LogP contribution is -2.56. The van der Waals surface area contributed by atoms with Crippen molar-refractivity contribution in [3.8, 4) is 0 Å². The van der Waals surface area contributed by atoms with E-state index in [9.17, 15) is 19.5 Å². The molecule has 1 N–H and O–H groups in total. The molecule has 0 bridgehead atoms. The molecule has 10 nitrogen and oxygen atoms in total. The first kappa shape index (κ1) is 27.3. The topological polar surface area (TPSA) is 112 Å². The molecule has 3 amide bonds. The van der Waals surface area contributed by atoms with Gasteiger partial charge in [0.15, 0.2) is 0 Å². The van der Waals surface area contributed by atoms with Gasteiger partial charge in [0.05, 0.1) is 5.69 Å². The van der Waals surface area contributed by atoms with Crippen LogP contribution < -0.4 is 0 Å². The van der Waals surface area contributed by atoms with Crippen molar-refractivity contribution in [2.24, 2.45) is 4.99 Å². The number of hydrogen-bond acceptors (Lipinski definition) is 6. The molecule has 0 radical (unpaired) electrons. The molecule has 198 valence electrons. The molecule has 36 heavy (non-hydrogen) atoms. The number of carbonyl (C=O) groups is 3. The number of amides is 3. The summed E-state index contributed by atoms with van der Waals surface area (Å²) in [4.78, 5) is 46.3. The highest BCUT2D eigenvalue weighted by Crippen LogP contribution is 2.31. The van der Waals surface area contributed by atoms with E-state index in [1.807, 2.05) is 24.3 Å². The second-order valence-electron chi connectivity index (χ2n) is 11.2. The second-order valence-corrected chi connectivity index (χ2v) is 11.2. The van der Waals surface area contributed by atoms with Crippen LogP contribution in [0.5, 0.6) is 0 Å². The van der Waals surface area contributed by atoms with E-state index >= 15 is 0 Å². The van der Waals surface area contributed by atoms with E-state index in [1.54, 1.807) is 41.5 Å². The molecule has 2 aliphatic heterocycles. The van der Waals surface area contributed by atoms with E-state index in [4.69, 9.17) is 14.5 Å². The summed E-state index contributed by atoms with van der Waals surface area (Å²) in [6, 6.07) is 7.64. The van der Waals surface area contributed by atoms with E-state index in [1.165, 1.54) is 14.7 Å². The molecule has 0 spiro atoms. The standard InChI is InChI=1S/C26H38N4O6/c1-25(2,3)35-23(33)29-13-8-14-30(24(34)36-26(4,5)6)21(29)27-20-10-7-9-19(17-20)18-11-15-28(16-12-18)22(31)32/h7,9-10,17-18H,8,11-16H2,1-6H3,(H,31,32). The molecule has 1 aromatic rings. The highest BCUT2D eigenvalue weighted by molar-refractivity contribution is 6.03. The number of ether oxygens (including phenoxy) is 2. The van der Waals surface area contributed by atoms with Crippen LogP contribution in [0.2, 0.25) is 0 Å². The minimum absolute atomic E-state index is 0.169. The van der Waals surface area contributed by atoms with Crippen LogP contribution in [0.3, 0.4) is 0 Å². The lowest BCUT2D eigenvalue weighted by atomic mass is 9.89. The van der Waals surface area contributed by atoms with Crippen molar-refractivity contribution in [2.75, 3.05) is 26.2 Å². The van der Waals surface area contributed by atoms with Gasteiger partial charge in [0.1, 0.15) is 11.2 Å². The molecule has 10 heteroatoms. The SMILES string of the molecule is CC(C)(C)OC(=O)N1CCCN(C(=O)OC(C)(C)C)C1=Nc1cccc(C2CCN(C(=O)O)CC2)c1. The number of aliphatic imine (C=N–C) groups is 1. The normalized spacial score (nSPS) is 17.6. The molecule has 3 rings (SSSR count). The lowest BCUT2D eigenvalue weighted by molar-refractivity contribution is 0.0225. The van der Waals surface area contributed by atoms with Gasteiger partial charge in [0, 0.05) is 26.2 Å². The Kier molecular flexibility index (Phi) is 8.15. The molecule has 0 atom stereocenters. The van der Waals surface area contributed by atoms with Gasteiger partial charge in [0.2, 0.25) is 5.96 Å². The molecular weight excluding hydrogens is 464 g/mol. The van der Waals surface area contributed by atoms with Gasteiger partial charge in [-0.25, -0.2) is 29.2 Å². The maximum Gasteiger partial charge on any atom is 0.417 e. The molecular formula is C26H38N4O6. The number of likely N-dealkylation sites (tertiary alicyclic amines) is 1. The monoisotopic (exact) mass is 502 g/mol. The Morgan fingerprint density at radius 3 is 1.89 bits per heavy atom. The van der Waals surface area contributed by atoms with Crippen molar-refractivity contribution in [3.05, 3.63) is 29.8 Å². The number of benzene rings is 1. The van der Waals surface area contributed by atoms with Gasteiger partial charge in [-0.2, -0.15) is 0 Å². The minimum Gasteiger partial charge on any atom is -0.465 e. The molecule has 0 aromatic heterocycles. The summed E-state index contributed by atoms with van der Waals surface area (Å²) in [5, 5.41) is 9.23. The molecule has 0 aliphatic carbocycles. The van der Waals surface area contributed by atoms with E-state index < -0.39 is 29.5 Å². The number of guanidine groups is 1. The smallest absolute Gasteiger partial charge is 0.417 e. The third-order valence-electron chi connectivity index (χ3n) is 5.81. The van der Waals surface area contributed by atoms with E-state index in [2.05, 4.69) is 0 Å². The van der Waals surface area contributed by atoms with Crippen molar-refractivity contribution in [1.82, 2.24) is 14.7 Å². The summed E-state index contributed by atoms with van der Waals surface area (Å²) >= 11 is 0. The average Bonchev–Trinajstić information content (AvgIpc) is 2.77. The fourth-order valence-corrected chi connectivity index (χ4v) is 4.20. The average molecular weight is 503 g/mol. The quantitative estimate of drug-likeness (QED) is 0.579. The minimum atomic E-state index is -0.893. The fourth-order valence-electron chi connectivity index (χ4n) is 4.20. The number of carboxylic acid groups (broad SMARTS) is 1. The van der Waals surface area contributed by atoms with Gasteiger partial charge in [-0.05, 0) is 84.4 Å². The Morgan fingerprint density at radius 2 is 1.42 bits per heavy atom. The second kappa shape index (κ2) is 10.8. The summed E-state index contributed by atoms with van der Waals surface area (Å²) in [5.74, 6) is 0.374. The van der Waals surface area contributed by atoms with Crippen LogP contribution in [0.4, 0.5) is 20.1 Å². The van der Waals surface area contributed by atoms with E-state index in [0.29, 0.717) is 38.3 Å². The van der Waals surface area contributed by atoms with Crippen LogP contribution in [0, 0.1) is 0 Å². The first-order valence-corrected chi connectivity index (χ1v) is 12.4. The van der Waals surface area contributed by atoms with Crippen molar-refractivity contribution in [3.63, 3.8) is 0 Å². The molecule has 2 saturated heterocycles. The van der Waals surface area contributed by atoms with Gasteiger partial charge in [-0.15, -0.1) is 0 Å². The van der Waals surface area contributed by atoms with Crippen molar-refractivity contribution >= 4 is 29.9 Å². The zero-order valence-corrected chi connectivity index (χ0v) is 22.1. The Labute approximate surface area is 212 Å². The van der Waals surface area contributed by atoms with Crippen molar-refractivity contribution in [1.29, 1.82) is 0 Å². The summed E-state index contributed by atoms with van der Waals surface area (Å²) in [7, 11) is 0. The molecule has 0 saturated carbocycles. The summed E-state index contributed by atoms with van der Waals surface area (Å²) in [6.45, 7) is 12.4. The third-order valence-corrected chi connectivity index (χ3v) is 5.81. The van der Waals surface area contributed by atoms with Gasteiger partial charge in [0.25, 0.3) is 0 Å². The summed E-state index contributed by atoms with van der Waals surface area (Å²) < 4.78 is 11.2. The number of carbonyl (C=O) groups excluding carboxylic acids is 2. The molecule has 2 fully saturated rings. The Hall–Kier alpha value is -3.30. The zero-order chi connectivity index (χ0) is 26.7. The van der Waals surface area contributed by atoms with Gasteiger partial charge >= 0.3 is 18.3 Å². The van der Waals surface area contributed by atoms with Crippen LogP contribution in [0.1, 0.15) is 72.3 Å². The lowest BCUT2D eigenvalue weighted by Gasteiger charge is -2.37. The van der Waals surface area contributed by atoms with Crippen LogP contribution in [0.15, 0.2) is 29.3 Å². The summed E-state index contributed by atoms with van der Waals surface area (Å²) in [6.07, 6.45) is -0.0469. The maximum atomic E-state index is 13.1. The van der Waals surface area contributed by atoms with Crippen LogP contribution >= 0.6 is 0 Å². The summed E-state index contributed by atoms with van der Waals surface area (Å²) in [5.41, 5.74) is 0.222. The van der Waals surface area contributed by atoms with Crippen molar-refractivity contribution < 1.29 is 29.0 Å². The fraction of sp³-hybridized carbons (Fsp3) is 0.615. The zero-order valence-electron chi connectivity index (χ0n) is 22.1. The van der Waals surface area contributed by atoms with Crippen LogP contribution in [0.25, 0.3) is 0 Å². The van der Waals surface area contributed by atoms with Crippen molar-refractivity contribution in [2.45, 2.75) is 77.9 Å². The predicted molar refractivity (Wildman–Crippen MR) is 136 cm³/mol. The molecule has 1 aromatic carbocycles. The Morgan fingerprint density at radius 1 is 0.889 bits per heavy atom. The van der Waals surface area contributed by atoms with Crippen LogP contribution in [-0.4, -0.2) is 81.4 Å². The largest absolute Gasteiger partial charge is 0.465 e. The van der Waals surface area contributed by atoms with E-state index in [0.717, 1.165) is 18.4 Å². The molecule has 2 aliphatic rings. The van der Waals surface area contributed by atoms with Gasteiger partial charge in [-0.1, -0.05) is 12.1 Å². The third kappa shape index (κ3) is 7.35. The van der Waals surface area contributed by atoms with E-state index in [-0.39, 0.29) is 11.9 Å². The maximum absolute atomic E-state index is 13.1. The highest BCUT2D eigenvalue weighted by Gasteiger charge is 2.37. The highest BCUT2D eigenvalue weighted by atomic mass is 16.6. The Bertz CT molecular complexity index is 964. The first-order chi connectivity index (χ1) is 16.7. The van der Waals surface area contributed by atoms with Crippen LogP contribution in [-0.2, 0) is 9.47 Å². The number of nitrogens with zero attached hydrogens (tertiary/aromatic N) is 4. The molecule has 2 heterocycles. The van der Waals surface area contributed by atoms with Gasteiger partial charge < -0.3 is 19.5 Å². The Balaban J connectivity index is 1.92. The number of hydrogen-bond donors (Lipinski definition) is 1. The van der Waals surface area contributed by atoms with Gasteiger partial charge in [-0.3, -0.25) is 0 Å². The molecule has 0 unspecified atom stereocenters. The number of piperidine rings is 1. The number of rotatable bonds is 2. The first-order valence-electron chi connectivity index (χ1n) is 12.4. The predicted octanol–water partition coefficient (Wildman–Crippen LogP) is 5.41.